The van der Waals surface area contributed by atoms with Crippen molar-refractivity contribution in [2.45, 2.75) is 25.3 Å². The molecule has 37 heavy (non-hydrogen) atoms. The van der Waals surface area contributed by atoms with Gasteiger partial charge in [0.1, 0.15) is 5.75 Å². The standard InChI is InChI=1S/C30H32N4O3/c1-37-26-14-12-23(13-15-26)28-20-27(22-8-4-2-5-9-22)32-34(28)29(35)21-33-18-16-24(17-19-33)30(36)31-25-10-6-3-7-11-25/h2-15,24,28H,16-21H2,1H3,(H,31,36)/t28-/m0/s1. The number of nitrogens with zero attached hydrogens (tertiary/aromatic N) is 3. The quantitative estimate of drug-likeness (QED) is 0.514. The van der Waals surface area contributed by atoms with Crippen LogP contribution < -0.4 is 10.1 Å². The summed E-state index contributed by atoms with van der Waals surface area (Å²) in [6, 6.07) is 27.2. The summed E-state index contributed by atoms with van der Waals surface area (Å²) in [5.41, 5.74) is 3.78. The number of methoxy groups -OCH3 is 1. The molecule has 7 heteroatoms. The first-order valence-corrected chi connectivity index (χ1v) is 12.8. The first-order valence-electron chi connectivity index (χ1n) is 12.8. The van der Waals surface area contributed by atoms with E-state index in [9.17, 15) is 9.59 Å². The number of rotatable bonds is 7. The van der Waals surface area contributed by atoms with Crippen LogP contribution >= 0.6 is 0 Å². The minimum atomic E-state index is -0.164. The fourth-order valence-corrected chi connectivity index (χ4v) is 5.01. The third-order valence-corrected chi connectivity index (χ3v) is 7.13. The normalized spacial score (nSPS) is 18.4. The van der Waals surface area contributed by atoms with Gasteiger partial charge in [-0.25, -0.2) is 5.01 Å². The van der Waals surface area contributed by atoms with Gasteiger partial charge in [0.15, 0.2) is 0 Å². The summed E-state index contributed by atoms with van der Waals surface area (Å²) in [6.07, 6.45) is 2.11. The van der Waals surface area contributed by atoms with Crippen molar-refractivity contribution in [2.75, 3.05) is 32.1 Å². The minimum absolute atomic E-state index is 0.0288. The Morgan fingerprint density at radius 1 is 0.919 bits per heavy atom. The Kier molecular flexibility index (Phi) is 7.61. The van der Waals surface area contributed by atoms with Crippen LogP contribution in [-0.4, -0.2) is 54.2 Å². The molecule has 1 fully saturated rings. The Labute approximate surface area is 217 Å². The Balaban J connectivity index is 1.24. The maximum atomic E-state index is 13.5. The van der Waals surface area contributed by atoms with Gasteiger partial charge in [0, 0.05) is 18.0 Å². The number of hydrogen-bond donors (Lipinski definition) is 1. The van der Waals surface area contributed by atoms with Gasteiger partial charge in [-0.2, -0.15) is 5.10 Å². The van der Waals surface area contributed by atoms with Gasteiger partial charge in [-0.15, -0.1) is 0 Å². The molecule has 2 aliphatic heterocycles. The molecule has 0 radical (unpaired) electrons. The number of benzene rings is 3. The second-order valence-corrected chi connectivity index (χ2v) is 9.55. The fourth-order valence-electron chi connectivity index (χ4n) is 5.01. The lowest BCUT2D eigenvalue weighted by atomic mass is 9.95. The number of carbonyl (C=O) groups is 2. The number of para-hydroxylation sites is 1. The van der Waals surface area contributed by atoms with Crippen LogP contribution in [0.15, 0.2) is 90.0 Å². The molecule has 0 bridgehead atoms. The maximum Gasteiger partial charge on any atom is 0.257 e. The molecule has 0 unspecified atom stereocenters. The highest BCUT2D eigenvalue weighted by atomic mass is 16.5. The molecule has 5 rings (SSSR count). The van der Waals surface area contributed by atoms with E-state index in [-0.39, 0.29) is 30.3 Å². The number of anilines is 1. The van der Waals surface area contributed by atoms with E-state index in [1.807, 2.05) is 84.9 Å². The van der Waals surface area contributed by atoms with E-state index < -0.39 is 0 Å². The van der Waals surface area contributed by atoms with Gasteiger partial charge >= 0.3 is 0 Å². The summed E-state index contributed by atoms with van der Waals surface area (Å²) < 4.78 is 5.31. The second-order valence-electron chi connectivity index (χ2n) is 9.55. The van der Waals surface area contributed by atoms with E-state index >= 15 is 0 Å². The monoisotopic (exact) mass is 496 g/mol. The van der Waals surface area contributed by atoms with E-state index in [1.165, 1.54) is 0 Å². The van der Waals surface area contributed by atoms with Crippen LogP contribution in [0.4, 0.5) is 5.69 Å². The lowest BCUT2D eigenvalue weighted by molar-refractivity contribution is -0.134. The Morgan fingerprint density at radius 2 is 1.57 bits per heavy atom. The van der Waals surface area contributed by atoms with Crippen LogP contribution in [0.5, 0.6) is 5.75 Å². The molecule has 0 saturated carbocycles. The number of likely N-dealkylation sites (tertiary alicyclic amines) is 1. The van der Waals surface area contributed by atoms with Crippen LogP contribution in [0, 0.1) is 5.92 Å². The smallest absolute Gasteiger partial charge is 0.257 e. The third kappa shape index (κ3) is 5.89. The third-order valence-electron chi connectivity index (χ3n) is 7.13. The number of hydrazone groups is 1. The average Bonchev–Trinajstić information content (AvgIpc) is 3.40. The van der Waals surface area contributed by atoms with Crippen LogP contribution in [0.2, 0.25) is 0 Å². The minimum Gasteiger partial charge on any atom is -0.497 e. The van der Waals surface area contributed by atoms with Gasteiger partial charge < -0.3 is 10.1 Å². The van der Waals surface area contributed by atoms with Gasteiger partial charge in [-0.1, -0.05) is 60.7 Å². The maximum absolute atomic E-state index is 13.5. The highest BCUT2D eigenvalue weighted by molar-refractivity contribution is 6.03. The topological polar surface area (TPSA) is 74.2 Å². The zero-order chi connectivity index (χ0) is 25.6. The van der Waals surface area contributed by atoms with E-state index in [0.29, 0.717) is 19.5 Å². The van der Waals surface area contributed by atoms with Crippen molar-refractivity contribution in [3.63, 3.8) is 0 Å². The van der Waals surface area contributed by atoms with Gasteiger partial charge in [0.25, 0.3) is 5.91 Å². The van der Waals surface area contributed by atoms with Crippen molar-refractivity contribution in [3.05, 3.63) is 96.1 Å². The predicted octanol–water partition coefficient (Wildman–Crippen LogP) is 4.72. The molecule has 2 heterocycles. The molecule has 0 aliphatic carbocycles. The Hall–Kier alpha value is -3.97. The average molecular weight is 497 g/mol. The highest BCUT2D eigenvalue weighted by Gasteiger charge is 2.34. The number of amides is 2. The Bertz CT molecular complexity index is 1240. The van der Waals surface area contributed by atoms with Crippen molar-refractivity contribution in [3.8, 4) is 5.75 Å². The SMILES string of the molecule is COc1ccc([C@@H]2CC(c3ccccc3)=NN2C(=O)CN2CCC(C(=O)Nc3ccccc3)CC2)cc1. The number of ether oxygens (including phenoxy) is 1. The van der Waals surface area contributed by atoms with Crippen LogP contribution in [0.1, 0.15) is 36.4 Å². The molecular formula is C30H32N4O3. The number of nitrogens with one attached hydrogen (secondary N) is 1. The van der Waals surface area contributed by atoms with Crippen LogP contribution in [0.25, 0.3) is 0 Å². The molecule has 1 saturated heterocycles. The van der Waals surface area contributed by atoms with E-state index in [4.69, 9.17) is 9.84 Å². The fraction of sp³-hybridized carbons (Fsp3) is 0.300. The molecule has 3 aromatic carbocycles. The van der Waals surface area contributed by atoms with E-state index in [0.717, 1.165) is 41.1 Å². The first kappa shape index (κ1) is 24.7. The summed E-state index contributed by atoms with van der Waals surface area (Å²) in [7, 11) is 1.64. The lowest BCUT2D eigenvalue weighted by Crippen LogP contribution is -2.43. The van der Waals surface area contributed by atoms with Gasteiger partial charge in [0.05, 0.1) is 25.4 Å². The summed E-state index contributed by atoms with van der Waals surface area (Å²) in [5, 5.41) is 9.45. The molecular weight excluding hydrogens is 464 g/mol. The highest BCUT2D eigenvalue weighted by Crippen LogP contribution is 2.34. The number of carbonyl (C=O) groups excluding carboxylic acids is 2. The van der Waals surface area contributed by atoms with Crippen LogP contribution in [0.3, 0.4) is 0 Å². The summed E-state index contributed by atoms with van der Waals surface area (Å²) >= 11 is 0. The lowest BCUT2D eigenvalue weighted by Gasteiger charge is -2.32. The molecule has 190 valence electrons. The van der Waals surface area contributed by atoms with Crippen molar-refractivity contribution in [1.82, 2.24) is 9.91 Å². The number of hydrogen-bond acceptors (Lipinski definition) is 5. The largest absolute Gasteiger partial charge is 0.497 e. The van der Waals surface area contributed by atoms with Crippen molar-refractivity contribution < 1.29 is 14.3 Å². The molecule has 2 amide bonds. The van der Waals surface area contributed by atoms with Crippen molar-refractivity contribution >= 4 is 23.2 Å². The van der Waals surface area contributed by atoms with Gasteiger partial charge in [-0.05, 0) is 61.3 Å². The van der Waals surface area contributed by atoms with Crippen molar-refractivity contribution in [1.29, 1.82) is 0 Å². The molecule has 7 nitrogen and oxygen atoms in total. The summed E-state index contributed by atoms with van der Waals surface area (Å²) in [4.78, 5) is 28.4. The van der Waals surface area contributed by atoms with Gasteiger partial charge in [-0.3, -0.25) is 14.5 Å². The van der Waals surface area contributed by atoms with Gasteiger partial charge in [0.2, 0.25) is 5.91 Å². The molecule has 3 aromatic rings. The predicted molar refractivity (Wildman–Crippen MR) is 144 cm³/mol. The van der Waals surface area contributed by atoms with Crippen LogP contribution in [-0.2, 0) is 9.59 Å². The zero-order valence-corrected chi connectivity index (χ0v) is 21.0. The van der Waals surface area contributed by atoms with E-state index in [1.54, 1.807) is 12.1 Å². The Morgan fingerprint density at radius 3 is 2.22 bits per heavy atom. The molecule has 1 N–H and O–H groups in total. The van der Waals surface area contributed by atoms with Crippen molar-refractivity contribution in [2.24, 2.45) is 11.0 Å². The summed E-state index contributed by atoms with van der Waals surface area (Å²) in [5.74, 6) is 0.753. The zero-order valence-electron chi connectivity index (χ0n) is 21.0. The summed E-state index contributed by atoms with van der Waals surface area (Å²) in [6.45, 7) is 1.69. The molecule has 0 spiro atoms. The first-order chi connectivity index (χ1) is 18.1. The molecule has 1 atom stereocenters. The second kappa shape index (κ2) is 11.4. The van der Waals surface area contributed by atoms with E-state index in [2.05, 4.69) is 10.2 Å². The number of piperidine rings is 1. The molecule has 0 aromatic heterocycles. The molecule has 2 aliphatic rings.